The Morgan fingerprint density at radius 2 is 1.51 bits per heavy atom. The summed E-state index contributed by atoms with van der Waals surface area (Å²) < 4.78 is 0. The van der Waals surface area contributed by atoms with E-state index in [0.29, 0.717) is 37.4 Å². The van der Waals surface area contributed by atoms with Crippen molar-refractivity contribution < 1.29 is 0 Å². The molecule has 0 saturated heterocycles. The number of rotatable bonds is 17. The standard InChI is InChI=1S/C44H49Cl2N5/c1-4-6-25-50(24-5-2)36-28-32(3)44(42(46)31-36)40(29-33-18-19-35(30-41(33)45)51(26-12-22-47)27-13-23-48)38-20-21-43(39-17-11-10-16-37(38)39)49-34-14-8-7-9-15-34/h7-11,14-21,30-32,40,49H,4-6,12-13,24-29H2,1-3H3/t32?,40-/m0/s1. The highest BCUT2D eigenvalue weighted by molar-refractivity contribution is 6.32. The van der Waals surface area contributed by atoms with Crippen LogP contribution in [0.4, 0.5) is 17.1 Å². The Labute approximate surface area is 314 Å². The molecule has 1 aliphatic rings. The molecule has 0 radical (unpaired) electrons. The number of nitrogens with zero attached hydrogens (tertiary/aromatic N) is 4. The van der Waals surface area contributed by atoms with Crippen LogP contribution in [0, 0.1) is 28.6 Å². The van der Waals surface area contributed by atoms with E-state index in [-0.39, 0.29) is 11.8 Å². The SMILES string of the molecule is CCCCN(CCC)C1=CC(Cl)=C([C@@H](Cc2ccc(N(CCC#N)CCC#N)cc2Cl)c2ccc(Nc3ccccc3)c3ccccc23)C(C)C1. The predicted molar refractivity (Wildman–Crippen MR) is 216 cm³/mol. The molecule has 0 saturated carbocycles. The molecule has 0 spiro atoms. The Bertz CT molecular complexity index is 1900. The zero-order valence-corrected chi connectivity index (χ0v) is 31.6. The lowest BCUT2D eigenvalue weighted by Gasteiger charge is -2.36. The monoisotopic (exact) mass is 717 g/mol. The summed E-state index contributed by atoms with van der Waals surface area (Å²) >= 11 is 14.6. The van der Waals surface area contributed by atoms with Crippen molar-refractivity contribution in [3.63, 3.8) is 0 Å². The molecule has 51 heavy (non-hydrogen) atoms. The fourth-order valence-electron chi connectivity index (χ4n) is 7.35. The maximum Gasteiger partial charge on any atom is 0.0640 e. The Balaban J connectivity index is 1.61. The molecule has 0 amide bonds. The topological polar surface area (TPSA) is 66.1 Å². The van der Waals surface area contributed by atoms with Gasteiger partial charge in [0.05, 0.1) is 25.0 Å². The van der Waals surface area contributed by atoms with Gasteiger partial charge in [0, 0.05) is 70.3 Å². The molecule has 0 bridgehead atoms. The van der Waals surface area contributed by atoms with Gasteiger partial charge in [0.25, 0.3) is 0 Å². The van der Waals surface area contributed by atoms with Gasteiger partial charge < -0.3 is 15.1 Å². The summed E-state index contributed by atoms with van der Waals surface area (Å²) in [6.07, 6.45) is 8.03. The fraction of sp³-hybridized carbons (Fsp3) is 0.364. The van der Waals surface area contributed by atoms with Gasteiger partial charge in [-0.15, -0.1) is 0 Å². The molecule has 0 aromatic heterocycles. The first-order valence-corrected chi connectivity index (χ1v) is 19.1. The van der Waals surface area contributed by atoms with E-state index in [1.165, 1.54) is 22.2 Å². The van der Waals surface area contributed by atoms with Gasteiger partial charge in [0.2, 0.25) is 0 Å². The number of allylic oxidation sites excluding steroid dienone is 4. The minimum atomic E-state index is -0.0205. The molecule has 0 heterocycles. The van der Waals surface area contributed by atoms with Crippen LogP contribution < -0.4 is 10.2 Å². The Morgan fingerprint density at radius 1 is 0.804 bits per heavy atom. The lowest BCUT2D eigenvalue weighted by Crippen LogP contribution is -2.29. The van der Waals surface area contributed by atoms with E-state index in [0.717, 1.165) is 71.8 Å². The number of para-hydroxylation sites is 1. The first kappa shape index (κ1) is 37.8. The smallest absolute Gasteiger partial charge is 0.0640 e. The van der Waals surface area contributed by atoms with Gasteiger partial charge in [-0.3, -0.25) is 0 Å². The Hall–Kier alpha value is -4.42. The molecular weight excluding hydrogens is 669 g/mol. The predicted octanol–water partition coefficient (Wildman–Crippen LogP) is 12.1. The van der Waals surface area contributed by atoms with Crippen molar-refractivity contribution in [1.82, 2.24) is 4.90 Å². The van der Waals surface area contributed by atoms with Gasteiger partial charge in [-0.05, 0) is 90.1 Å². The molecule has 2 atom stereocenters. The fourth-order valence-corrected chi connectivity index (χ4v) is 8.05. The lowest BCUT2D eigenvalue weighted by atomic mass is 9.75. The van der Waals surface area contributed by atoms with Crippen LogP contribution in [0.3, 0.4) is 0 Å². The molecule has 0 aliphatic heterocycles. The van der Waals surface area contributed by atoms with Gasteiger partial charge in [-0.1, -0.05) is 105 Å². The van der Waals surface area contributed by atoms with Crippen LogP contribution in [0.5, 0.6) is 0 Å². The van der Waals surface area contributed by atoms with Crippen molar-refractivity contribution in [2.75, 3.05) is 36.4 Å². The van der Waals surface area contributed by atoms with Gasteiger partial charge in [-0.2, -0.15) is 10.5 Å². The molecule has 5 rings (SSSR count). The largest absolute Gasteiger partial charge is 0.375 e. The normalized spacial score (nSPS) is 14.8. The molecule has 7 heteroatoms. The van der Waals surface area contributed by atoms with E-state index in [2.05, 4.69) is 115 Å². The van der Waals surface area contributed by atoms with Crippen molar-refractivity contribution in [3.8, 4) is 12.1 Å². The summed E-state index contributed by atoms with van der Waals surface area (Å²) in [7, 11) is 0. The highest BCUT2D eigenvalue weighted by atomic mass is 35.5. The average Bonchev–Trinajstić information content (AvgIpc) is 3.14. The third-order valence-electron chi connectivity index (χ3n) is 9.87. The second kappa shape index (κ2) is 18.7. The zero-order chi connectivity index (χ0) is 36.2. The van der Waals surface area contributed by atoms with Crippen molar-refractivity contribution >= 4 is 51.0 Å². The number of fused-ring (bicyclic) bond motifs is 1. The summed E-state index contributed by atoms with van der Waals surface area (Å²) in [5, 5.41) is 26.0. The number of halogens is 2. The second-order valence-electron chi connectivity index (χ2n) is 13.5. The number of benzene rings is 4. The molecule has 0 fully saturated rings. The number of hydrogen-bond acceptors (Lipinski definition) is 5. The van der Waals surface area contributed by atoms with Crippen LogP contribution in [0.2, 0.25) is 5.02 Å². The lowest BCUT2D eigenvalue weighted by molar-refractivity contribution is 0.313. The van der Waals surface area contributed by atoms with Crippen molar-refractivity contribution in [2.45, 2.75) is 71.6 Å². The van der Waals surface area contributed by atoms with E-state index < -0.39 is 0 Å². The number of nitriles is 2. The van der Waals surface area contributed by atoms with Gasteiger partial charge in [0.15, 0.2) is 0 Å². The van der Waals surface area contributed by atoms with E-state index in [9.17, 15) is 10.5 Å². The molecule has 1 unspecified atom stereocenters. The third kappa shape index (κ3) is 9.48. The third-order valence-corrected chi connectivity index (χ3v) is 10.6. The Morgan fingerprint density at radius 3 is 2.16 bits per heavy atom. The maximum atomic E-state index is 9.24. The minimum absolute atomic E-state index is 0.0205. The quantitative estimate of drug-likeness (QED) is 0.118. The van der Waals surface area contributed by atoms with E-state index in [1.807, 2.05) is 24.3 Å². The molecule has 5 nitrogen and oxygen atoms in total. The number of hydrogen-bond donors (Lipinski definition) is 1. The number of nitrogens with one attached hydrogen (secondary N) is 1. The minimum Gasteiger partial charge on any atom is -0.375 e. The molecular formula is C44H49Cl2N5. The van der Waals surface area contributed by atoms with Crippen molar-refractivity contribution in [1.29, 1.82) is 10.5 Å². The number of unbranched alkanes of at least 4 members (excludes halogenated alkanes) is 1. The summed E-state index contributed by atoms with van der Waals surface area (Å²) in [4.78, 5) is 4.61. The van der Waals surface area contributed by atoms with Gasteiger partial charge >= 0.3 is 0 Å². The van der Waals surface area contributed by atoms with Crippen LogP contribution in [0.15, 0.2) is 107 Å². The second-order valence-corrected chi connectivity index (χ2v) is 14.3. The summed E-state index contributed by atoms with van der Waals surface area (Å²) in [5.41, 5.74) is 7.86. The average molecular weight is 719 g/mol. The van der Waals surface area contributed by atoms with Crippen LogP contribution in [-0.2, 0) is 6.42 Å². The van der Waals surface area contributed by atoms with E-state index in [4.69, 9.17) is 23.2 Å². The van der Waals surface area contributed by atoms with Crippen LogP contribution in [0.25, 0.3) is 10.8 Å². The highest BCUT2D eigenvalue weighted by Gasteiger charge is 2.31. The summed E-state index contributed by atoms with van der Waals surface area (Å²) in [6.45, 7) is 9.99. The molecule has 1 aliphatic carbocycles. The van der Waals surface area contributed by atoms with Crippen LogP contribution in [0.1, 0.15) is 76.3 Å². The molecule has 264 valence electrons. The first-order valence-electron chi connectivity index (χ1n) is 18.3. The molecule has 4 aromatic rings. The maximum absolute atomic E-state index is 9.24. The highest BCUT2D eigenvalue weighted by Crippen LogP contribution is 2.46. The Kier molecular flexibility index (Phi) is 13.9. The zero-order valence-electron chi connectivity index (χ0n) is 30.1. The summed E-state index contributed by atoms with van der Waals surface area (Å²) in [5.74, 6) is 0.211. The van der Waals surface area contributed by atoms with Crippen molar-refractivity contribution in [2.24, 2.45) is 5.92 Å². The number of anilines is 3. The van der Waals surface area contributed by atoms with Crippen LogP contribution >= 0.6 is 23.2 Å². The molecule has 1 N–H and O–H groups in total. The summed E-state index contributed by atoms with van der Waals surface area (Å²) in [6, 6.07) is 34.0. The van der Waals surface area contributed by atoms with Crippen molar-refractivity contribution in [3.05, 3.63) is 123 Å². The van der Waals surface area contributed by atoms with E-state index >= 15 is 0 Å². The van der Waals surface area contributed by atoms with Gasteiger partial charge in [0.1, 0.15) is 0 Å². The molecule has 4 aromatic carbocycles. The van der Waals surface area contributed by atoms with Crippen LogP contribution in [-0.4, -0.2) is 31.1 Å². The first-order chi connectivity index (χ1) is 24.9. The van der Waals surface area contributed by atoms with E-state index in [1.54, 1.807) is 0 Å². The van der Waals surface area contributed by atoms with Gasteiger partial charge in [-0.25, -0.2) is 0 Å².